The third kappa shape index (κ3) is 0.941. The Morgan fingerprint density at radius 3 is 2.78 bits per heavy atom. The first kappa shape index (κ1) is 10.2. The summed E-state index contributed by atoms with van der Waals surface area (Å²) in [5, 5.41) is 0. The summed E-state index contributed by atoms with van der Waals surface area (Å²) in [6, 6.07) is 0. The molecule has 0 aromatic rings. The highest BCUT2D eigenvalue weighted by Gasteiger charge is 2.70. The number of methoxy groups -OCH3 is 1. The second kappa shape index (κ2) is 3.12. The number of cyclic esters (lactones) is 1. The maximum Gasteiger partial charge on any atom is 0.309 e. The van der Waals surface area contributed by atoms with Crippen molar-refractivity contribution in [1.82, 2.24) is 0 Å². The summed E-state index contributed by atoms with van der Waals surface area (Å²) in [6.07, 6.45) is 4.43. The highest BCUT2D eigenvalue weighted by molar-refractivity contribution is 5.76. The summed E-state index contributed by atoms with van der Waals surface area (Å²) in [5.41, 5.74) is 0. The Hall–Kier alpha value is -0.570. The zero-order chi connectivity index (χ0) is 12.0. The molecule has 0 amide bonds. The number of carbonyl (C=O) groups is 1. The molecule has 98 valence electrons. The van der Waals surface area contributed by atoms with E-state index in [-0.39, 0.29) is 11.9 Å². The normalized spacial score (nSPS) is 63.2. The van der Waals surface area contributed by atoms with Gasteiger partial charge in [0.25, 0.3) is 0 Å². The molecule has 5 fully saturated rings. The van der Waals surface area contributed by atoms with Gasteiger partial charge in [-0.2, -0.15) is 0 Å². The Labute approximate surface area is 107 Å². The van der Waals surface area contributed by atoms with Gasteiger partial charge in [-0.1, -0.05) is 0 Å². The number of hydrogen-bond donors (Lipinski definition) is 0. The third-order valence-electron chi connectivity index (χ3n) is 7.07. The van der Waals surface area contributed by atoms with Crippen LogP contribution in [0.5, 0.6) is 0 Å². The molecule has 0 radical (unpaired) electrons. The summed E-state index contributed by atoms with van der Waals surface area (Å²) in [4.78, 5) is 11.9. The van der Waals surface area contributed by atoms with E-state index < -0.39 is 0 Å². The highest BCUT2D eigenvalue weighted by atomic mass is 16.5. The van der Waals surface area contributed by atoms with E-state index in [2.05, 4.69) is 0 Å². The smallest absolute Gasteiger partial charge is 0.309 e. The SMILES string of the molecule is COC1CC2CC1C1C3CC(C4COC(=O)C43)C21. The Balaban J connectivity index is 1.53. The van der Waals surface area contributed by atoms with E-state index >= 15 is 0 Å². The van der Waals surface area contributed by atoms with Crippen LogP contribution in [0.3, 0.4) is 0 Å². The van der Waals surface area contributed by atoms with E-state index in [1.807, 2.05) is 7.11 Å². The van der Waals surface area contributed by atoms with Crippen molar-refractivity contribution >= 4 is 5.97 Å². The zero-order valence-corrected chi connectivity index (χ0v) is 10.7. The Morgan fingerprint density at radius 2 is 1.94 bits per heavy atom. The molecule has 1 saturated heterocycles. The fourth-order valence-electron chi connectivity index (χ4n) is 6.81. The number of fused-ring (bicyclic) bond motifs is 12. The van der Waals surface area contributed by atoms with Crippen LogP contribution in [0.25, 0.3) is 0 Å². The summed E-state index contributed by atoms with van der Waals surface area (Å²) in [7, 11) is 1.86. The molecular formula is C15H20O3. The summed E-state index contributed by atoms with van der Waals surface area (Å²) >= 11 is 0. The van der Waals surface area contributed by atoms with Crippen molar-refractivity contribution in [3.63, 3.8) is 0 Å². The number of carbonyl (C=O) groups excluding carboxylic acids is 1. The molecule has 4 saturated carbocycles. The molecule has 9 unspecified atom stereocenters. The Kier molecular flexibility index (Phi) is 1.77. The van der Waals surface area contributed by atoms with Crippen LogP contribution in [0.4, 0.5) is 0 Å². The molecule has 18 heavy (non-hydrogen) atoms. The van der Waals surface area contributed by atoms with Crippen molar-refractivity contribution in [2.45, 2.75) is 25.4 Å². The van der Waals surface area contributed by atoms with Gasteiger partial charge in [-0.15, -0.1) is 0 Å². The van der Waals surface area contributed by atoms with Crippen LogP contribution in [0, 0.1) is 47.3 Å². The molecule has 0 spiro atoms. The first-order valence-electron chi connectivity index (χ1n) is 7.49. The molecule has 3 nitrogen and oxygen atoms in total. The van der Waals surface area contributed by atoms with Crippen molar-refractivity contribution < 1.29 is 14.3 Å². The number of esters is 1. The monoisotopic (exact) mass is 248 g/mol. The number of hydrogen-bond acceptors (Lipinski definition) is 3. The Bertz CT molecular complexity index is 420. The predicted molar refractivity (Wildman–Crippen MR) is 63.5 cm³/mol. The lowest BCUT2D eigenvalue weighted by Gasteiger charge is -2.41. The summed E-state index contributed by atoms with van der Waals surface area (Å²) < 4.78 is 11.0. The lowest BCUT2D eigenvalue weighted by molar-refractivity contribution is -0.143. The molecule has 0 N–H and O–H groups in total. The van der Waals surface area contributed by atoms with Gasteiger partial charge < -0.3 is 9.47 Å². The minimum atomic E-state index is 0.114. The molecule has 5 rings (SSSR count). The van der Waals surface area contributed by atoms with Gasteiger partial charge in [0.05, 0.1) is 18.6 Å². The van der Waals surface area contributed by atoms with Gasteiger partial charge in [0.2, 0.25) is 0 Å². The molecule has 9 atom stereocenters. The summed E-state index contributed by atoms with van der Waals surface area (Å²) in [5.74, 6) is 5.69. The fraction of sp³-hybridized carbons (Fsp3) is 0.933. The molecule has 3 heteroatoms. The Morgan fingerprint density at radius 1 is 1.06 bits per heavy atom. The van der Waals surface area contributed by atoms with Gasteiger partial charge in [0.15, 0.2) is 0 Å². The van der Waals surface area contributed by atoms with Crippen molar-refractivity contribution in [2.75, 3.05) is 13.7 Å². The van der Waals surface area contributed by atoms with Crippen LogP contribution >= 0.6 is 0 Å². The van der Waals surface area contributed by atoms with Gasteiger partial charge in [0.1, 0.15) is 0 Å². The molecule has 4 aliphatic carbocycles. The van der Waals surface area contributed by atoms with Crippen LogP contribution in [0.1, 0.15) is 19.3 Å². The lowest BCUT2D eigenvalue weighted by Crippen LogP contribution is -2.42. The minimum absolute atomic E-state index is 0.114. The largest absolute Gasteiger partial charge is 0.465 e. The maximum absolute atomic E-state index is 11.9. The highest BCUT2D eigenvalue weighted by Crippen LogP contribution is 2.71. The van der Waals surface area contributed by atoms with Crippen molar-refractivity contribution in [3.8, 4) is 0 Å². The van der Waals surface area contributed by atoms with E-state index in [9.17, 15) is 4.79 Å². The second-order valence-electron chi connectivity index (χ2n) is 7.21. The fourth-order valence-corrected chi connectivity index (χ4v) is 6.81. The standard InChI is InChI=1S/C15H20O3/c1-17-11-3-6-2-8(11)13-9-4-7(12(6)13)10-5-18-15(16)14(9)10/h6-14H,2-5H2,1H3. The summed E-state index contributed by atoms with van der Waals surface area (Å²) in [6.45, 7) is 0.721. The quantitative estimate of drug-likeness (QED) is 0.523. The molecule has 0 aromatic heterocycles. The minimum Gasteiger partial charge on any atom is -0.465 e. The van der Waals surface area contributed by atoms with Gasteiger partial charge in [-0.3, -0.25) is 4.79 Å². The van der Waals surface area contributed by atoms with Gasteiger partial charge in [-0.25, -0.2) is 0 Å². The van der Waals surface area contributed by atoms with Gasteiger partial charge in [-0.05, 0) is 54.8 Å². The van der Waals surface area contributed by atoms with E-state index in [0.29, 0.717) is 17.9 Å². The van der Waals surface area contributed by atoms with Gasteiger partial charge in [0, 0.05) is 13.0 Å². The van der Waals surface area contributed by atoms with E-state index in [1.54, 1.807) is 0 Å². The predicted octanol–water partition coefficient (Wildman–Crippen LogP) is 1.71. The van der Waals surface area contributed by atoms with Crippen LogP contribution in [0.2, 0.25) is 0 Å². The van der Waals surface area contributed by atoms with Gasteiger partial charge >= 0.3 is 5.97 Å². The van der Waals surface area contributed by atoms with Crippen LogP contribution < -0.4 is 0 Å². The molecule has 4 bridgehead atoms. The zero-order valence-electron chi connectivity index (χ0n) is 10.7. The molecule has 1 heterocycles. The topological polar surface area (TPSA) is 35.5 Å². The van der Waals surface area contributed by atoms with E-state index in [1.165, 1.54) is 19.3 Å². The molecule has 5 aliphatic rings. The second-order valence-corrected chi connectivity index (χ2v) is 7.21. The first-order chi connectivity index (χ1) is 8.79. The van der Waals surface area contributed by atoms with Crippen molar-refractivity contribution in [3.05, 3.63) is 0 Å². The van der Waals surface area contributed by atoms with Crippen LogP contribution in [-0.4, -0.2) is 25.8 Å². The lowest BCUT2D eigenvalue weighted by atomic mass is 9.63. The molecule has 0 aromatic carbocycles. The number of rotatable bonds is 1. The van der Waals surface area contributed by atoms with Crippen molar-refractivity contribution in [2.24, 2.45) is 47.3 Å². The van der Waals surface area contributed by atoms with E-state index in [0.717, 1.165) is 36.2 Å². The third-order valence-corrected chi connectivity index (χ3v) is 7.07. The number of ether oxygens (including phenoxy) is 2. The average molecular weight is 248 g/mol. The van der Waals surface area contributed by atoms with Crippen LogP contribution in [-0.2, 0) is 14.3 Å². The first-order valence-corrected chi connectivity index (χ1v) is 7.49. The molecular weight excluding hydrogens is 228 g/mol. The average Bonchev–Trinajstić information content (AvgIpc) is 3.11. The molecule has 1 aliphatic heterocycles. The van der Waals surface area contributed by atoms with Crippen LogP contribution in [0.15, 0.2) is 0 Å². The maximum atomic E-state index is 11.9. The van der Waals surface area contributed by atoms with E-state index in [4.69, 9.17) is 9.47 Å². The van der Waals surface area contributed by atoms with Crippen molar-refractivity contribution in [1.29, 1.82) is 0 Å².